The number of para-hydroxylation sites is 1. The largest absolute Gasteiger partial charge is 0.462 e. The van der Waals surface area contributed by atoms with E-state index in [2.05, 4.69) is 5.32 Å². The molecule has 3 rings (SSSR count). The van der Waals surface area contributed by atoms with Crippen LogP contribution in [0.15, 0.2) is 39.5 Å². The Bertz CT molecular complexity index is 1160. The second-order valence-corrected chi connectivity index (χ2v) is 6.81. The molecule has 2 amide bonds. The molecule has 0 spiro atoms. The Kier molecular flexibility index (Phi) is 5.27. The average Bonchev–Trinajstić information content (AvgIpc) is 2.97. The van der Waals surface area contributed by atoms with Gasteiger partial charge in [0.25, 0.3) is 11.8 Å². The number of fused-ring (bicyclic) bond motifs is 1. The van der Waals surface area contributed by atoms with E-state index < -0.39 is 23.4 Å². The summed E-state index contributed by atoms with van der Waals surface area (Å²) in [6, 6.07) is 8.14. The molecule has 0 aliphatic carbocycles. The lowest BCUT2D eigenvalue weighted by Gasteiger charge is -2.05. The summed E-state index contributed by atoms with van der Waals surface area (Å²) in [5.41, 5.74) is 4.98. The zero-order chi connectivity index (χ0) is 20.4. The maximum Gasteiger partial charge on any atom is 0.349 e. The molecule has 3 aromatic rings. The van der Waals surface area contributed by atoms with Gasteiger partial charge in [-0.05, 0) is 31.5 Å². The van der Waals surface area contributed by atoms with Crippen molar-refractivity contribution in [2.24, 2.45) is 5.73 Å². The van der Waals surface area contributed by atoms with E-state index in [1.807, 2.05) is 0 Å². The van der Waals surface area contributed by atoms with Gasteiger partial charge in [-0.2, -0.15) is 0 Å². The van der Waals surface area contributed by atoms with Crippen LogP contribution < -0.4 is 16.7 Å². The maximum atomic E-state index is 12.6. The molecule has 2 heterocycles. The van der Waals surface area contributed by atoms with Crippen LogP contribution in [0.3, 0.4) is 0 Å². The summed E-state index contributed by atoms with van der Waals surface area (Å²) in [5, 5.41) is 3.11. The Morgan fingerprint density at radius 3 is 2.64 bits per heavy atom. The van der Waals surface area contributed by atoms with Gasteiger partial charge in [-0.3, -0.25) is 9.59 Å². The number of thiophene rings is 1. The van der Waals surface area contributed by atoms with Crippen molar-refractivity contribution in [2.75, 3.05) is 11.9 Å². The van der Waals surface area contributed by atoms with Gasteiger partial charge in [0.1, 0.15) is 21.0 Å². The number of ether oxygens (including phenoxy) is 1. The van der Waals surface area contributed by atoms with Gasteiger partial charge in [0.2, 0.25) is 0 Å². The average molecular weight is 400 g/mol. The number of anilines is 1. The number of esters is 1. The van der Waals surface area contributed by atoms with E-state index in [4.69, 9.17) is 14.9 Å². The smallest absolute Gasteiger partial charge is 0.349 e. The Hall–Kier alpha value is -3.46. The molecule has 0 aliphatic heterocycles. The number of hydrogen-bond acceptors (Lipinski definition) is 7. The van der Waals surface area contributed by atoms with Crippen molar-refractivity contribution in [3.8, 4) is 0 Å². The third-order valence-corrected chi connectivity index (χ3v) is 5.15. The first kappa shape index (κ1) is 19.3. The number of nitrogens with two attached hydrogens (primary N) is 1. The van der Waals surface area contributed by atoms with Crippen molar-refractivity contribution in [1.29, 1.82) is 0 Å². The molecule has 28 heavy (non-hydrogen) atoms. The summed E-state index contributed by atoms with van der Waals surface area (Å²) < 4.78 is 10.1. The van der Waals surface area contributed by atoms with Gasteiger partial charge < -0.3 is 20.2 Å². The number of carbonyl (C=O) groups is 3. The summed E-state index contributed by atoms with van der Waals surface area (Å²) in [6.45, 7) is 3.34. The van der Waals surface area contributed by atoms with Crippen LogP contribution in [-0.2, 0) is 4.74 Å². The van der Waals surface area contributed by atoms with Crippen LogP contribution in [0.25, 0.3) is 11.0 Å². The van der Waals surface area contributed by atoms with Crippen molar-refractivity contribution in [1.82, 2.24) is 0 Å². The lowest BCUT2D eigenvalue weighted by molar-refractivity contribution is 0.0531. The Morgan fingerprint density at radius 2 is 1.96 bits per heavy atom. The highest BCUT2D eigenvalue weighted by Crippen LogP contribution is 2.33. The van der Waals surface area contributed by atoms with E-state index in [-0.39, 0.29) is 27.6 Å². The molecule has 0 radical (unpaired) electrons. The summed E-state index contributed by atoms with van der Waals surface area (Å²) in [5.74, 6) is -2.22. The van der Waals surface area contributed by atoms with E-state index in [0.29, 0.717) is 16.5 Å². The fourth-order valence-corrected chi connectivity index (χ4v) is 3.78. The first-order valence-electron chi connectivity index (χ1n) is 8.28. The predicted octanol–water partition coefficient (Wildman–Crippen LogP) is 2.69. The van der Waals surface area contributed by atoms with E-state index in [1.165, 1.54) is 13.0 Å². The number of amides is 2. The maximum absolute atomic E-state index is 12.6. The first-order valence-corrected chi connectivity index (χ1v) is 9.09. The monoisotopic (exact) mass is 400 g/mol. The van der Waals surface area contributed by atoms with Crippen molar-refractivity contribution < 1.29 is 23.5 Å². The minimum Gasteiger partial charge on any atom is -0.462 e. The number of hydrogen-bond donors (Lipinski definition) is 2. The van der Waals surface area contributed by atoms with Gasteiger partial charge >= 0.3 is 11.6 Å². The number of benzene rings is 1. The second kappa shape index (κ2) is 7.65. The van der Waals surface area contributed by atoms with Crippen molar-refractivity contribution >= 4 is 45.1 Å². The highest BCUT2D eigenvalue weighted by Gasteiger charge is 2.26. The first-order chi connectivity index (χ1) is 13.3. The summed E-state index contributed by atoms with van der Waals surface area (Å²) in [7, 11) is 0. The molecule has 0 fully saturated rings. The number of carbonyl (C=O) groups excluding carboxylic acids is 3. The van der Waals surface area contributed by atoms with Crippen LogP contribution in [0.5, 0.6) is 0 Å². The molecule has 0 unspecified atom stereocenters. The fraction of sp³-hybridized carbons (Fsp3) is 0.158. The number of nitrogens with one attached hydrogen (secondary N) is 1. The predicted molar refractivity (Wildman–Crippen MR) is 104 cm³/mol. The van der Waals surface area contributed by atoms with E-state index in [1.54, 1.807) is 31.2 Å². The van der Waals surface area contributed by atoms with Gasteiger partial charge in [-0.15, -0.1) is 11.3 Å². The molecular weight excluding hydrogens is 384 g/mol. The lowest BCUT2D eigenvalue weighted by atomic mass is 10.1. The lowest BCUT2D eigenvalue weighted by Crippen LogP contribution is -2.22. The Balaban J connectivity index is 2.01. The second-order valence-electron chi connectivity index (χ2n) is 5.78. The molecule has 0 saturated heterocycles. The Morgan fingerprint density at radius 1 is 1.25 bits per heavy atom. The van der Waals surface area contributed by atoms with Crippen LogP contribution in [0.2, 0.25) is 0 Å². The molecule has 0 saturated carbocycles. The number of primary amides is 1. The third-order valence-electron chi connectivity index (χ3n) is 3.97. The van der Waals surface area contributed by atoms with Gasteiger partial charge in [0.05, 0.1) is 12.2 Å². The third kappa shape index (κ3) is 3.52. The van der Waals surface area contributed by atoms with Gasteiger partial charge in [-0.1, -0.05) is 18.2 Å². The van der Waals surface area contributed by atoms with Gasteiger partial charge in [0, 0.05) is 5.39 Å². The molecule has 8 nitrogen and oxygen atoms in total. The topological polar surface area (TPSA) is 129 Å². The molecule has 0 aliphatic rings. The van der Waals surface area contributed by atoms with Crippen molar-refractivity contribution in [2.45, 2.75) is 13.8 Å². The molecule has 144 valence electrons. The van der Waals surface area contributed by atoms with Crippen LogP contribution in [-0.4, -0.2) is 24.4 Å². The molecule has 0 bridgehead atoms. The molecular formula is C19H16N2O6S. The van der Waals surface area contributed by atoms with Crippen molar-refractivity contribution in [3.63, 3.8) is 0 Å². The number of rotatable bonds is 5. The van der Waals surface area contributed by atoms with Crippen LogP contribution in [0.1, 0.15) is 42.9 Å². The summed E-state index contributed by atoms with van der Waals surface area (Å²) in [4.78, 5) is 48.9. The Labute approximate surface area is 162 Å². The quantitative estimate of drug-likeness (QED) is 0.500. The summed E-state index contributed by atoms with van der Waals surface area (Å²) >= 11 is 0.855. The minimum atomic E-state index is -0.823. The normalized spacial score (nSPS) is 10.6. The molecule has 1 aromatic carbocycles. The molecule has 2 aromatic heterocycles. The summed E-state index contributed by atoms with van der Waals surface area (Å²) in [6.07, 6.45) is 0. The zero-order valence-electron chi connectivity index (χ0n) is 15.0. The van der Waals surface area contributed by atoms with Crippen LogP contribution >= 0.6 is 11.3 Å². The fourth-order valence-electron chi connectivity index (χ4n) is 2.68. The zero-order valence-corrected chi connectivity index (χ0v) is 15.8. The SMILES string of the molecule is CCOC(=O)c1sc(NC(=O)c2cc3ccccc3oc2=O)c(C(N)=O)c1C. The van der Waals surface area contributed by atoms with E-state index in [9.17, 15) is 19.2 Å². The molecule has 0 atom stereocenters. The molecule has 9 heteroatoms. The van der Waals surface area contributed by atoms with E-state index >= 15 is 0 Å². The highest BCUT2D eigenvalue weighted by molar-refractivity contribution is 7.18. The van der Waals surface area contributed by atoms with Crippen molar-refractivity contribution in [3.05, 3.63) is 62.3 Å². The molecule has 3 N–H and O–H groups in total. The van der Waals surface area contributed by atoms with Crippen LogP contribution in [0.4, 0.5) is 5.00 Å². The van der Waals surface area contributed by atoms with Crippen LogP contribution in [0, 0.1) is 6.92 Å². The van der Waals surface area contributed by atoms with E-state index in [0.717, 1.165) is 11.3 Å². The van der Waals surface area contributed by atoms with Gasteiger partial charge in [0.15, 0.2) is 0 Å². The minimum absolute atomic E-state index is 0.00780. The standard InChI is InChI=1S/C19H16N2O6S/c1-3-26-19(25)14-9(2)13(15(20)22)17(28-14)21-16(23)11-8-10-6-4-5-7-12(10)27-18(11)24/h4-8H,3H2,1-2H3,(H2,20,22)(H,21,23). The van der Waals surface area contributed by atoms with Gasteiger partial charge in [-0.25, -0.2) is 9.59 Å². The highest BCUT2D eigenvalue weighted by atomic mass is 32.1.